The molecule has 0 saturated carbocycles. The third kappa shape index (κ3) is 3.53. The molecule has 1 aromatic rings. The SMILES string of the molecule is CSc1ccc([S@@](=O)CC(=O)[O-])c([N+](=O)[O-])c1. The number of carbonyl (C=O) groups excluding carboxylic acids is 1. The standard InChI is InChI=1S/C9H9NO5S2/c1-16-6-2-3-8(7(4-6)10(13)14)17(15)5-9(11)12/h2-4H,5H2,1H3,(H,11,12)/p-1/t17-/m0/s1. The van der Waals surface area contributed by atoms with Gasteiger partial charge in [-0.25, -0.2) is 0 Å². The van der Waals surface area contributed by atoms with Crippen molar-refractivity contribution in [3.63, 3.8) is 0 Å². The molecule has 0 aliphatic carbocycles. The van der Waals surface area contributed by atoms with Gasteiger partial charge in [0.1, 0.15) is 4.90 Å². The van der Waals surface area contributed by atoms with Crippen LogP contribution in [0.25, 0.3) is 0 Å². The second-order valence-electron chi connectivity index (χ2n) is 2.95. The zero-order chi connectivity index (χ0) is 13.0. The van der Waals surface area contributed by atoms with Crippen molar-refractivity contribution in [2.75, 3.05) is 12.0 Å². The molecule has 0 N–H and O–H groups in total. The first kappa shape index (κ1) is 13.7. The summed E-state index contributed by atoms with van der Waals surface area (Å²) in [6, 6.07) is 4.14. The minimum Gasteiger partial charge on any atom is -0.549 e. The molecule has 0 saturated heterocycles. The number of benzene rings is 1. The Kier molecular flexibility index (Phi) is 4.64. The van der Waals surface area contributed by atoms with Gasteiger partial charge in [0.15, 0.2) is 0 Å². The Bertz CT molecular complexity index is 488. The number of nitro benzene ring substituents is 1. The zero-order valence-corrected chi connectivity index (χ0v) is 10.4. The van der Waals surface area contributed by atoms with Gasteiger partial charge < -0.3 is 9.90 Å². The summed E-state index contributed by atoms with van der Waals surface area (Å²) in [5, 5.41) is 21.1. The maximum absolute atomic E-state index is 11.6. The van der Waals surface area contributed by atoms with E-state index in [2.05, 4.69) is 0 Å². The molecule has 1 rings (SSSR count). The monoisotopic (exact) mass is 274 g/mol. The molecule has 0 aliphatic rings. The van der Waals surface area contributed by atoms with Crippen LogP contribution in [0.3, 0.4) is 0 Å². The van der Waals surface area contributed by atoms with Crippen LogP contribution in [0.2, 0.25) is 0 Å². The predicted octanol–water partition coefficient (Wildman–Crippen LogP) is 0.174. The largest absolute Gasteiger partial charge is 0.549 e. The minimum absolute atomic E-state index is 0.1000. The Morgan fingerprint density at radius 2 is 2.18 bits per heavy atom. The summed E-state index contributed by atoms with van der Waals surface area (Å²) in [6.45, 7) is 0. The summed E-state index contributed by atoms with van der Waals surface area (Å²) in [5.41, 5.74) is -0.337. The van der Waals surface area contributed by atoms with Crippen LogP contribution in [0, 0.1) is 10.1 Å². The van der Waals surface area contributed by atoms with E-state index in [1.165, 1.54) is 23.9 Å². The highest BCUT2D eigenvalue weighted by Crippen LogP contribution is 2.27. The maximum Gasteiger partial charge on any atom is 0.286 e. The summed E-state index contributed by atoms with van der Waals surface area (Å²) < 4.78 is 11.6. The number of thioether (sulfide) groups is 1. The van der Waals surface area contributed by atoms with Gasteiger partial charge in [-0.1, -0.05) is 0 Å². The molecule has 0 aromatic heterocycles. The smallest absolute Gasteiger partial charge is 0.286 e. The number of carbonyl (C=O) groups is 1. The molecule has 1 atom stereocenters. The molecule has 6 nitrogen and oxygen atoms in total. The van der Waals surface area contributed by atoms with E-state index < -0.39 is 27.4 Å². The topological polar surface area (TPSA) is 100 Å². The molecule has 1 aromatic carbocycles. The highest BCUT2D eigenvalue weighted by Gasteiger charge is 2.19. The fraction of sp³-hybridized carbons (Fsp3) is 0.222. The summed E-state index contributed by atoms with van der Waals surface area (Å²) in [4.78, 5) is 21.0. The number of nitro groups is 1. The lowest BCUT2D eigenvalue weighted by atomic mass is 10.3. The number of carboxylic acids is 1. The van der Waals surface area contributed by atoms with Gasteiger partial charge in [0.2, 0.25) is 0 Å². The van der Waals surface area contributed by atoms with E-state index in [1.54, 1.807) is 12.3 Å². The van der Waals surface area contributed by atoms with Gasteiger partial charge in [-0.15, -0.1) is 11.8 Å². The Hall–Kier alpha value is -1.41. The van der Waals surface area contributed by atoms with Gasteiger partial charge in [-0.05, 0) is 18.4 Å². The molecule has 0 heterocycles. The molecule has 0 amide bonds. The van der Waals surface area contributed by atoms with E-state index in [0.29, 0.717) is 4.90 Å². The summed E-state index contributed by atoms with van der Waals surface area (Å²) >= 11 is 1.30. The molecule has 0 unspecified atom stereocenters. The molecule has 0 fully saturated rings. The van der Waals surface area contributed by atoms with Crippen LogP contribution in [0.1, 0.15) is 0 Å². The van der Waals surface area contributed by atoms with E-state index in [0.717, 1.165) is 0 Å². The quantitative estimate of drug-likeness (QED) is 0.431. The minimum atomic E-state index is -1.97. The van der Waals surface area contributed by atoms with Gasteiger partial charge in [-0.2, -0.15) is 0 Å². The van der Waals surface area contributed by atoms with Gasteiger partial charge in [0, 0.05) is 11.0 Å². The van der Waals surface area contributed by atoms with Crippen molar-refractivity contribution in [2.24, 2.45) is 0 Å². The Labute approximate surface area is 104 Å². The van der Waals surface area contributed by atoms with Crippen LogP contribution in [-0.4, -0.2) is 27.1 Å². The lowest BCUT2D eigenvalue weighted by molar-refractivity contribution is -0.388. The van der Waals surface area contributed by atoms with Crippen molar-refractivity contribution in [3.05, 3.63) is 28.3 Å². The van der Waals surface area contributed by atoms with Crippen LogP contribution in [0.15, 0.2) is 28.0 Å². The lowest BCUT2D eigenvalue weighted by Gasteiger charge is -2.05. The van der Waals surface area contributed by atoms with Crippen molar-refractivity contribution >= 4 is 34.2 Å². The highest BCUT2D eigenvalue weighted by atomic mass is 32.2. The normalized spacial score (nSPS) is 12.1. The van der Waals surface area contributed by atoms with E-state index in [4.69, 9.17) is 0 Å². The van der Waals surface area contributed by atoms with E-state index in [9.17, 15) is 24.2 Å². The van der Waals surface area contributed by atoms with Crippen LogP contribution in [0.5, 0.6) is 0 Å². The van der Waals surface area contributed by atoms with E-state index in [-0.39, 0.29) is 10.6 Å². The first-order valence-electron chi connectivity index (χ1n) is 4.36. The van der Waals surface area contributed by atoms with E-state index >= 15 is 0 Å². The summed E-state index contributed by atoms with van der Waals surface area (Å²) in [7, 11) is -1.97. The summed E-state index contributed by atoms with van der Waals surface area (Å²) in [6.07, 6.45) is 1.75. The number of nitrogens with zero attached hydrogens (tertiary/aromatic N) is 1. The third-order valence-corrected chi connectivity index (χ3v) is 3.92. The zero-order valence-electron chi connectivity index (χ0n) is 8.74. The summed E-state index contributed by atoms with van der Waals surface area (Å²) in [5.74, 6) is -2.26. The molecule has 0 radical (unpaired) electrons. The number of rotatable bonds is 5. The molecule has 0 aliphatic heterocycles. The second kappa shape index (κ2) is 5.78. The van der Waals surface area contributed by atoms with E-state index in [1.807, 2.05) is 0 Å². The van der Waals surface area contributed by atoms with Crippen LogP contribution >= 0.6 is 11.8 Å². The first-order valence-corrected chi connectivity index (χ1v) is 6.90. The molecular formula is C9H8NO5S2-. The number of hydrogen-bond acceptors (Lipinski definition) is 6. The lowest BCUT2D eigenvalue weighted by Crippen LogP contribution is -2.28. The Morgan fingerprint density at radius 3 is 2.65 bits per heavy atom. The molecule has 8 heteroatoms. The average molecular weight is 274 g/mol. The average Bonchev–Trinajstić information content (AvgIpc) is 2.27. The van der Waals surface area contributed by atoms with Gasteiger partial charge >= 0.3 is 0 Å². The fourth-order valence-corrected chi connectivity index (χ4v) is 2.53. The third-order valence-electron chi connectivity index (χ3n) is 1.86. The molecule has 17 heavy (non-hydrogen) atoms. The van der Waals surface area contributed by atoms with Crippen LogP contribution < -0.4 is 5.11 Å². The molecule has 0 bridgehead atoms. The van der Waals surface area contributed by atoms with Crippen molar-refractivity contribution in [3.8, 4) is 0 Å². The van der Waals surface area contributed by atoms with Crippen molar-refractivity contribution in [1.82, 2.24) is 0 Å². The van der Waals surface area contributed by atoms with Gasteiger partial charge in [0.25, 0.3) is 5.69 Å². The molecule has 92 valence electrons. The Morgan fingerprint density at radius 1 is 1.53 bits per heavy atom. The van der Waals surface area contributed by atoms with Crippen LogP contribution in [0.4, 0.5) is 5.69 Å². The highest BCUT2D eigenvalue weighted by molar-refractivity contribution is 7.98. The molecular weight excluding hydrogens is 266 g/mol. The second-order valence-corrected chi connectivity index (χ2v) is 5.25. The molecule has 0 spiro atoms. The Balaban J connectivity index is 3.19. The maximum atomic E-state index is 11.6. The number of hydrogen-bond donors (Lipinski definition) is 0. The van der Waals surface area contributed by atoms with Crippen molar-refractivity contribution < 1.29 is 19.0 Å². The van der Waals surface area contributed by atoms with Gasteiger partial charge in [-0.3, -0.25) is 14.3 Å². The van der Waals surface area contributed by atoms with Gasteiger partial charge in [0.05, 0.1) is 27.4 Å². The number of carboxylic acid groups (broad SMARTS) is 1. The van der Waals surface area contributed by atoms with Crippen LogP contribution in [-0.2, 0) is 15.6 Å². The van der Waals surface area contributed by atoms with Crippen molar-refractivity contribution in [1.29, 1.82) is 0 Å². The number of aliphatic carboxylic acids is 1. The first-order chi connectivity index (χ1) is 7.95. The van der Waals surface area contributed by atoms with Crippen molar-refractivity contribution in [2.45, 2.75) is 9.79 Å². The fourth-order valence-electron chi connectivity index (χ4n) is 1.14. The predicted molar refractivity (Wildman–Crippen MR) is 61.2 cm³/mol.